The van der Waals surface area contributed by atoms with Crippen molar-refractivity contribution in [3.05, 3.63) is 88.5 Å². The minimum Gasteiger partial charge on any atom is -0.318 e. The van der Waals surface area contributed by atoms with Crippen LogP contribution in [0.2, 0.25) is 0 Å². The van der Waals surface area contributed by atoms with Gasteiger partial charge in [-0.25, -0.2) is 9.82 Å². The number of carbonyl (C=O) groups excluding carboxylic acids is 1. The van der Waals surface area contributed by atoms with E-state index in [-0.39, 0.29) is 11.7 Å². The maximum absolute atomic E-state index is 13.2. The first-order valence-corrected chi connectivity index (χ1v) is 10.5. The van der Waals surface area contributed by atoms with Gasteiger partial charge in [0.05, 0.1) is 12.0 Å². The van der Waals surface area contributed by atoms with Gasteiger partial charge in [0.1, 0.15) is 5.82 Å². The third kappa shape index (κ3) is 5.57. The maximum Gasteiger partial charge on any atom is 0.250 e. The standard InChI is InChI=1S/C23H24FN3OS/c1-16-4-6-19(7-5-16)14-29-15-23(28)26-25-13-20-12-17(2)27(18(20)3)22-10-8-21(24)9-11-22/h4-13H,14-15H2,1-3H3,(H,26,28)/b25-13+. The van der Waals surface area contributed by atoms with Crippen molar-refractivity contribution in [3.8, 4) is 5.69 Å². The van der Waals surface area contributed by atoms with Crippen molar-refractivity contribution in [3.63, 3.8) is 0 Å². The Balaban J connectivity index is 1.54. The zero-order chi connectivity index (χ0) is 20.8. The fourth-order valence-electron chi connectivity index (χ4n) is 3.06. The van der Waals surface area contributed by atoms with Gasteiger partial charge < -0.3 is 4.57 Å². The average molecular weight is 410 g/mol. The van der Waals surface area contributed by atoms with Crippen LogP contribution in [0.5, 0.6) is 0 Å². The van der Waals surface area contributed by atoms with Gasteiger partial charge in [-0.15, -0.1) is 11.8 Å². The van der Waals surface area contributed by atoms with Crippen molar-refractivity contribution in [2.75, 3.05) is 5.75 Å². The Hall–Kier alpha value is -2.86. The van der Waals surface area contributed by atoms with Crippen molar-refractivity contribution in [2.45, 2.75) is 26.5 Å². The molecule has 0 unspecified atom stereocenters. The molecular weight excluding hydrogens is 385 g/mol. The molecule has 0 aliphatic carbocycles. The van der Waals surface area contributed by atoms with Crippen LogP contribution in [-0.4, -0.2) is 22.4 Å². The molecule has 0 bridgehead atoms. The molecule has 0 saturated carbocycles. The van der Waals surface area contributed by atoms with Gasteiger partial charge in [-0.1, -0.05) is 29.8 Å². The number of hydrogen-bond acceptors (Lipinski definition) is 3. The van der Waals surface area contributed by atoms with E-state index in [1.54, 1.807) is 30.1 Å². The van der Waals surface area contributed by atoms with Crippen molar-refractivity contribution >= 4 is 23.9 Å². The van der Waals surface area contributed by atoms with E-state index in [1.807, 2.05) is 24.5 Å². The molecule has 0 saturated heterocycles. The minimum atomic E-state index is -0.263. The normalized spacial score (nSPS) is 11.2. The van der Waals surface area contributed by atoms with Gasteiger partial charge in [0.15, 0.2) is 0 Å². The van der Waals surface area contributed by atoms with E-state index in [2.05, 4.69) is 41.7 Å². The van der Waals surface area contributed by atoms with Crippen LogP contribution in [0, 0.1) is 26.6 Å². The summed E-state index contributed by atoms with van der Waals surface area (Å²) < 4.78 is 15.2. The Morgan fingerprint density at radius 3 is 2.48 bits per heavy atom. The van der Waals surface area contributed by atoms with Crippen molar-refractivity contribution in [2.24, 2.45) is 5.10 Å². The maximum atomic E-state index is 13.2. The summed E-state index contributed by atoms with van der Waals surface area (Å²) in [7, 11) is 0. The summed E-state index contributed by atoms with van der Waals surface area (Å²) in [5.74, 6) is 0.738. The molecule has 1 aromatic heterocycles. The lowest BCUT2D eigenvalue weighted by molar-refractivity contribution is -0.118. The number of rotatable bonds is 7. The first-order chi connectivity index (χ1) is 13.9. The molecule has 0 spiro atoms. The topological polar surface area (TPSA) is 46.4 Å². The van der Waals surface area contributed by atoms with E-state index in [4.69, 9.17) is 0 Å². The van der Waals surface area contributed by atoms with Crippen LogP contribution < -0.4 is 5.43 Å². The molecule has 3 aromatic rings. The number of hydrazone groups is 1. The van der Waals surface area contributed by atoms with Crippen LogP contribution in [0.15, 0.2) is 59.7 Å². The fraction of sp³-hybridized carbons (Fsp3) is 0.217. The number of aromatic nitrogens is 1. The van der Waals surface area contributed by atoms with Gasteiger partial charge in [0.2, 0.25) is 5.91 Å². The quantitative estimate of drug-likeness (QED) is 0.444. The predicted octanol–water partition coefficient (Wildman–Crippen LogP) is 4.93. The zero-order valence-electron chi connectivity index (χ0n) is 16.8. The van der Waals surface area contributed by atoms with Gasteiger partial charge in [0, 0.05) is 28.4 Å². The third-order valence-electron chi connectivity index (χ3n) is 4.57. The number of nitrogens with one attached hydrogen (secondary N) is 1. The zero-order valence-corrected chi connectivity index (χ0v) is 17.6. The molecule has 29 heavy (non-hydrogen) atoms. The largest absolute Gasteiger partial charge is 0.318 e. The Kier molecular flexibility index (Phi) is 6.88. The number of aryl methyl sites for hydroxylation is 2. The number of amides is 1. The number of thioether (sulfide) groups is 1. The molecular formula is C23H24FN3OS. The lowest BCUT2D eigenvalue weighted by atomic mass is 10.2. The van der Waals surface area contributed by atoms with Gasteiger partial charge in [-0.3, -0.25) is 4.79 Å². The van der Waals surface area contributed by atoms with Gasteiger partial charge in [-0.2, -0.15) is 5.10 Å². The number of halogens is 1. The van der Waals surface area contributed by atoms with Gasteiger partial charge in [0.25, 0.3) is 0 Å². The second-order valence-electron chi connectivity index (χ2n) is 6.91. The average Bonchev–Trinajstić information content (AvgIpc) is 2.98. The summed E-state index contributed by atoms with van der Waals surface area (Å²) in [5.41, 5.74) is 8.78. The van der Waals surface area contributed by atoms with Gasteiger partial charge >= 0.3 is 0 Å². The molecule has 3 rings (SSSR count). The van der Waals surface area contributed by atoms with Crippen molar-refractivity contribution < 1.29 is 9.18 Å². The van der Waals surface area contributed by atoms with E-state index in [9.17, 15) is 9.18 Å². The highest BCUT2D eigenvalue weighted by atomic mass is 32.2. The van der Waals surface area contributed by atoms with E-state index < -0.39 is 0 Å². The summed E-state index contributed by atoms with van der Waals surface area (Å²) in [6.07, 6.45) is 1.64. The second kappa shape index (κ2) is 9.56. The minimum absolute atomic E-state index is 0.134. The molecule has 1 heterocycles. The fourth-order valence-corrected chi connectivity index (χ4v) is 3.84. The first kappa shape index (κ1) is 20.9. The lowest BCUT2D eigenvalue weighted by Gasteiger charge is -2.09. The van der Waals surface area contributed by atoms with E-state index in [0.29, 0.717) is 5.75 Å². The Morgan fingerprint density at radius 1 is 1.10 bits per heavy atom. The van der Waals surface area contributed by atoms with Crippen molar-refractivity contribution in [1.82, 2.24) is 9.99 Å². The molecule has 0 aliphatic rings. The van der Waals surface area contributed by atoms with Crippen LogP contribution in [0.25, 0.3) is 5.69 Å². The molecule has 0 atom stereocenters. The highest BCUT2D eigenvalue weighted by Crippen LogP contribution is 2.20. The molecule has 0 aliphatic heterocycles. The smallest absolute Gasteiger partial charge is 0.250 e. The number of benzene rings is 2. The summed E-state index contributed by atoms with van der Waals surface area (Å²) >= 11 is 1.55. The molecule has 1 amide bonds. The predicted molar refractivity (Wildman–Crippen MR) is 118 cm³/mol. The highest BCUT2D eigenvalue weighted by molar-refractivity contribution is 7.99. The molecule has 1 N–H and O–H groups in total. The molecule has 2 aromatic carbocycles. The van der Waals surface area contributed by atoms with E-state index >= 15 is 0 Å². The SMILES string of the molecule is Cc1ccc(CSCC(=O)N/N=C/c2cc(C)n(-c3ccc(F)cc3)c2C)cc1. The first-order valence-electron chi connectivity index (χ1n) is 9.34. The molecule has 6 heteroatoms. The highest BCUT2D eigenvalue weighted by Gasteiger charge is 2.09. The Bertz CT molecular complexity index is 1010. The number of carbonyl (C=O) groups is 1. The van der Waals surface area contributed by atoms with Gasteiger partial charge in [-0.05, 0) is 56.7 Å². The number of nitrogens with zero attached hydrogens (tertiary/aromatic N) is 2. The molecule has 0 fully saturated rings. The number of hydrogen-bond donors (Lipinski definition) is 1. The summed E-state index contributed by atoms with van der Waals surface area (Å²) in [6.45, 7) is 6.00. The molecule has 0 radical (unpaired) electrons. The molecule has 4 nitrogen and oxygen atoms in total. The summed E-state index contributed by atoms with van der Waals surface area (Å²) in [5, 5.41) is 4.09. The Labute approximate surface area is 174 Å². The van der Waals surface area contributed by atoms with Crippen molar-refractivity contribution in [1.29, 1.82) is 0 Å². The molecule has 150 valence electrons. The van der Waals surface area contributed by atoms with Crippen LogP contribution in [0.3, 0.4) is 0 Å². The van der Waals surface area contributed by atoms with E-state index in [1.165, 1.54) is 23.3 Å². The summed E-state index contributed by atoms with van der Waals surface area (Å²) in [4.78, 5) is 12.0. The van der Waals surface area contributed by atoms with Crippen LogP contribution >= 0.6 is 11.8 Å². The summed E-state index contributed by atoms with van der Waals surface area (Å²) in [6, 6.07) is 16.6. The van der Waals surface area contributed by atoms with E-state index in [0.717, 1.165) is 28.4 Å². The Morgan fingerprint density at radius 2 is 1.79 bits per heavy atom. The third-order valence-corrected chi connectivity index (χ3v) is 5.57. The lowest BCUT2D eigenvalue weighted by Crippen LogP contribution is -2.19. The van der Waals surface area contributed by atoms with Crippen LogP contribution in [0.1, 0.15) is 28.1 Å². The monoisotopic (exact) mass is 409 g/mol. The van der Waals surface area contributed by atoms with Crippen LogP contribution in [0.4, 0.5) is 4.39 Å². The van der Waals surface area contributed by atoms with Crippen LogP contribution in [-0.2, 0) is 10.5 Å². The second-order valence-corrected chi connectivity index (χ2v) is 7.90.